The zero-order valence-electron chi connectivity index (χ0n) is 20.2. The minimum absolute atomic E-state index is 0.0787. The van der Waals surface area contributed by atoms with Crippen molar-refractivity contribution in [1.29, 1.82) is 0 Å². The highest BCUT2D eigenvalue weighted by atomic mass is 35.5. The Kier molecular flexibility index (Phi) is 6.91. The van der Waals surface area contributed by atoms with Gasteiger partial charge in [0.15, 0.2) is 0 Å². The Labute approximate surface area is 222 Å². The summed E-state index contributed by atoms with van der Waals surface area (Å²) in [5.41, 5.74) is 6.04. The van der Waals surface area contributed by atoms with Crippen LogP contribution in [0.3, 0.4) is 0 Å². The van der Waals surface area contributed by atoms with Crippen molar-refractivity contribution in [2.75, 3.05) is 21.5 Å². The molecule has 8 heteroatoms. The van der Waals surface area contributed by atoms with Crippen LogP contribution in [0.15, 0.2) is 95.9 Å². The molecule has 188 valence electrons. The van der Waals surface area contributed by atoms with Gasteiger partial charge in [0.05, 0.1) is 10.6 Å². The molecule has 4 aromatic rings. The highest BCUT2D eigenvalue weighted by Gasteiger charge is 2.19. The first-order valence-corrected chi connectivity index (χ1v) is 13.8. The fourth-order valence-electron chi connectivity index (χ4n) is 4.34. The molecule has 5 rings (SSSR count). The zero-order chi connectivity index (χ0) is 26.0. The van der Waals surface area contributed by atoms with E-state index in [0.717, 1.165) is 30.6 Å². The van der Waals surface area contributed by atoms with E-state index in [2.05, 4.69) is 39.2 Å². The van der Waals surface area contributed by atoms with Crippen LogP contribution < -0.4 is 14.9 Å². The van der Waals surface area contributed by atoms with Crippen molar-refractivity contribution in [1.82, 2.24) is 0 Å². The number of benzene rings is 4. The third kappa shape index (κ3) is 5.63. The largest absolute Gasteiger partial charge is 0.367 e. The number of carbonyl (C=O) groups is 1. The number of sulfonamides is 1. The summed E-state index contributed by atoms with van der Waals surface area (Å²) in [6.45, 7) is 3.62. The lowest BCUT2D eigenvalue weighted by molar-refractivity contribution is 0.102. The molecular weight excluding hydrogens is 506 g/mol. The summed E-state index contributed by atoms with van der Waals surface area (Å²) < 4.78 is 28.0. The fourth-order valence-corrected chi connectivity index (χ4v) is 5.57. The van der Waals surface area contributed by atoms with Crippen LogP contribution in [0.2, 0.25) is 5.02 Å². The van der Waals surface area contributed by atoms with Gasteiger partial charge in [0.2, 0.25) is 0 Å². The van der Waals surface area contributed by atoms with Gasteiger partial charge >= 0.3 is 0 Å². The van der Waals surface area contributed by atoms with E-state index in [1.165, 1.54) is 23.4 Å². The van der Waals surface area contributed by atoms with Gasteiger partial charge < -0.3 is 10.2 Å². The molecule has 0 aliphatic carbocycles. The molecule has 1 aliphatic rings. The molecule has 2 N–H and O–H groups in total. The fraction of sp³-hybridized carbons (Fsp3) is 0.138. The van der Waals surface area contributed by atoms with Crippen LogP contribution in [0.1, 0.15) is 27.0 Å². The SMILES string of the molecule is Cc1ccc(NS(=O)(=O)c2ccc(NC(=O)c3ccc(CN4CCc5ccccc54)cc3)cc2)cc1Cl. The summed E-state index contributed by atoms with van der Waals surface area (Å²) >= 11 is 6.10. The second-order valence-electron chi connectivity index (χ2n) is 9.05. The molecule has 0 atom stereocenters. The van der Waals surface area contributed by atoms with Gasteiger partial charge in [-0.25, -0.2) is 8.42 Å². The minimum atomic E-state index is -3.80. The van der Waals surface area contributed by atoms with Gasteiger partial charge in [0.1, 0.15) is 0 Å². The van der Waals surface area contributed by atoms with E-state index in [1.807, 2.05) is 31.2 Å². The molecule has 6 nitrogen and oxygen atoms in total. The average molecular weight is 532 g/mol. The number of fused-ring (bicyclic) bond motifs is 1. The number of rotatable bonds is 7. The lowest BCUT2D eigenvalue weighted by Gasteiger charge is -2.19. The van der Waals surface area contributed by atoms with Gasteiger partial charge in [0, 0.05) is 35.1 Å². The molecule has 0 saturated carbocycles. The van der Waals surface area contributed by atoms with Gasteiger partial charge in [-0.15, -0.1) is 0 Å². The molecule has 0 radical (unpaired) electrons. The van der Waals surface area contributed by atoms with Crippen molar-refractivity contribution in [3.8, 4) is 0 Å². The molecule has 1 aliphatic heterocycles. The van der Waals surface area contributed by atoms with Crippen molar-refractivity contribution in [2.45, 2.75) is 24.8 Å². The average Bonchev–Trinajstić information content (AvgIpc) is 3.29. The quantitative estimate of drug-likeness (QED) is 0.295. The van der Waals surface area contributed by atoms with E-state index in [1.54, 1.807) is 30.3 Å². The van der Waals surface area contributed by atoms with Crippen LogP contribution in [-0.4, -0.2) is 20.9 Å². The van der Waals surface area contributed by atoms with Crippen LogP contribution in [-0.2, 0) is 23.0 Å². The molecule has 0 spiro atoms. The summed E-state index contributed by atoms with van der Waals surface area (Å²) in [6, 6.07) is 27.0. The predicted octanol–water partition coefficient (Wildman–Crippen LogP) is 6.26. The van der Waals surface area contributed by atoms with Gasteiger partial charge in [0.25, 0.3) is 15.9 Å². The molecule has 37 heavy (non-hydrogen) atoms. The maximum absolute atomic E-state index is 12.8. The van der Waals surface area contributed by atoms with Crippen molar-refractivity contribution < 1.29 is 13.2 Å². The molecular formula is C29H26ClN3O3S. The Balaban J connectivity index is 1.20. The number of anilines is 3. The van der Waals surface area contributed by atoms with E-state index in [4.69, 9.17) is 11.6 Å². The molecule has 0 aromatic heterocycles. The number of aryl methyl sites for hydroxylation is 1. The number of carbonyl (C=O) groups excluding carboxylic acids is 1. The Morgan fingerprint density at radius 1 is 0.919 bits per heavy atom. The van der Waals surface area contributed by atoms with E-state index in [0.29, 0.717) is 22.0 Å². The molecule has 1 amide bonds. The van der Waals surface area contributed by atoms with Gasteiger partial charge in [-0.3, -0.25) is 9.52 Å². The van der Waals surface area contributed by atoms with Crippen LogP contribution in [0.5, 0.6) is 0 Å². The molecule has 0 bridgehead atoms. The van der Waals surface area contributed by atoms with E-state index in [-0.39, 0.29) is 10.8 Å². The summed E-state index contributed by atoms with van der Waals surface area (Å²) in [6.07, 6.45) is 1.05. The zero-order valence-corrected chi connectivity index (χ0v) is 21.8. The first kappa shape index (κ1) is 24.9. The van der Waals surface area contributed by atoms with E-state index >= 15 is 0 Å². The van der Waals surface area contributed by atoms with E-state index < -0.39 is 10.0 Å². The number of hydrogen-bond acceptors (Lipinski definition) is 4. The smallest absolute Gasteiger partial charge is 0.261 e. The Morgan fingerprint density at radius 2 is 1.62 bits per heavy atom. The molecule has 1 heterocycles. The van der Waals surface area contributed by atoms with Crippen LogP contribution in [0.4, 0.5) is 17.1 Å². The summed E-state index contributed by atoms with van der Waals surface area (Å²) in [4.78, 5) is 15.2. The maximum Gasteiger partial charge on any atom is 0.261 e. The number of nitrogens with zero attached hydrogens (tertiary/aromatic N) is 1. The minimum Gasteiger partial charge on any atom is -0.367 e. The molecule has 0 fully saturated rings. The Hall–Kier alpha value is -3.81. The highest BCUT2D eigenvalue weighted by molar-refractivity contribution is 7.92. The van der Waals surface area contributed by atoms with Crippen LogP contribution >= 0.6 is 11.6 Å². The van der Waals surface area contributed by atoms with Crippen molar-refractivity contribution in [2.24, 2.45) is 0 Å². The third-order valence-corrected chi connectivity index (χ3v) is 8.22. The monoisotopic (exact) mass is 531 g/mol. The highest BCUT2D eigenvalue weighted by Crippen LogP contribution is 2.29. The molecule has 4 aromatic carbocycles. The van der Waals surface area contributed by atoms with Crippen molar-refractivity contribution >= 4 is 44.6 Å². The number of amides is 1. The number of halogens is 1. The van der Waals surface area contributed by atoms with E-state index in [9.17, 15) is 13.2 Å². The van der Waals surface area contributed by atoms with Crippen LogP contribution in [0.25, 0.3) is 0 Å². The summed E-state index contributed by atoms with van der Waals surface area (Å²) in [7, 11) is -3.80. The topological polar surface area (TPSA) is 78.5 Å². The van der Waals surface area contributed by atoms with Gasteiger partial charge in [-0.05, 0) is 84.6 Å². The lowest BCUT2D eigenvalue weighted by atomic mass is 10.1. The Bertz CT molecular complexity index is 1550. The second-order valence-corrected chi connectivity index (χ2v) is 11.1. The first-order chi connectivity index (χ1) is 17.8. The van der Waals surface area contributed by atoms with Crippen molar-refractivity contribution in [3.63, 3.8) is 0 Å². The van der Waals surface area contributed by atoms with Crippen molar-refractivity contribution in [3.05, 3.63) is 118 Å². The Morgan fingerprint density at radius 3 is 2.35 bits per heavy atom. The summed E-state index contributed by atoms with van der Waals surface area (Å²) in [5, 5.41) is 3.30. The predicted molar refractivity (Wildman–Crippen MR) is 149 cm³/mol. The first-order valence-electron chi connectivity index (χ1n) is 11.9. The van der Waals surface area contributed by atoms with Crippen LogP contribution in [0, 0.1) is 6.92 Å². The lowest BCUT2D eigenvalue weighted by Crippen LogP contribution is -2.19. The standard InChI is InChI=1S/C29H26ClN3O3S/c1-20-6-11-25(18-27(20)30)32-37(35,36)26-14-12-24(13-15-26)31-29(34)23-9-7-21(8-10-23)19-33-17-16-22-4-2-3-5-28(22)33/h2-15,18,32H,16-17,19H2,1H3,(H,31,34). The molecule has 0 saturated heterocycles. The normalized spacial score (nSPS) is 12.8. The summed E-state index contributed by atoms with van der Waals surface area (Å²) in [5.74, 6) is -0.263. The number of hydrogen-bond donors (Lipinski definition) is 2. The maximum atomic E-state index is 12.8. The number of para-hydroxylation sites is 1. The van der Waals surface area contributed by atoms with Gasteiger partial charge in [-0.1, -0.05) is 48.0 Å². The van der Waals surface area contributed by atoms with Gasteiger partial charge in [-0.2, -0.15) is 0 Å². The number of nitrogens with one attached hydrogen (secondary N) is 2. The second kappa shape index (κ2) is 10.3. The third-order valence-electron chi connectivity index (χ3n) is 6.42. The molecule has 0 unspecified atom stereocenters.